The second-order valence-electron chi connectivity index (χ2n) is 3.39. The SMILES string of the molecule is CSCC[C@H](N)C(=O)N(C=O)c1ccccn1. The van der Waals surface area contributed by atoms with Gasteiger partial charge in [-0.3, -0.25) is 9.59 Å². The zero-order valence-electron chi connectivity index (χ0n) is 9.57. The number of hydrogen-bond donors (Lipinski definition) is 1. The van der Waals surface area contributed by atoms with Crippen molar-refractivity contribution in [1.29, 1.82) is 0 Å². The lowest BCUT2D eigenvalue weighted by molar-refractivity contribution is -0.123. The van der Waals surface area contributed by atoms with E-state index in [0.29, 0.717) is 18.6 Å². The number of aromatic nitrogens is 1. The molecule has 0 aliphatic rings. The van der Waals surface area contributed by atoms with Gasteiger partial charge in [-0.1, -0.05) is 6.07 Å². The minimum atomic E-state index is -0.672. The van der Waals surface area contributed by atoms with E-state index >= 15 is 0 Å². The minimum Gasteiger partial charge on any atom is -0.320 e. The van der Waals surface area contributed by atoms with Crippen molar-refractivity contribution in [3.05, 3.63) is 24.4 Å². The maximum atomic E-state index is 11.9. The van der Waals surface area contributed by atoms with Gasteiger partial charge < -0.3 is 5.73 Å². The highest BCUT2D eigenvalue weighted by atomic mass is 32.2. The maximum Gasteiger partial charge on any atom is 0.251 e. The zero-order valence-corrected chi connectivity index (χ0v) is 10.4. The fourth-order valence-corrected chi connectivity index (χ4v) is 1.75. The van der Waals surface area contributed by atoms with Gasteiger partial charge >= 0.3 is 0 Å². The molecule has 0 unspecified atom stereocenters. The molecule has 6 heteroatoms. The predicted molar refractivity (Wildman–Crippen MR) is 68.8 cm³/mol. The van der Waals surface area contributed by atoms with E-state index in [0.717, 1.165) is 10.7 Å². The molecular weight excluding hydrogens is 238 g/mol. The number of amides is 2. The standard InChI is InChI=1S/C11H15N3O2S/c1-17-7-5-9(12)11(16)14(8-15)10-4-2-3-6-13-10/h2-4,6,8-9H,5,7,12H2,1H3/t9-/m0/s1. The number of nitrogens with zero attached hydrogens (tertiary/aromatic N) is 2. The van der Waals surface area contributed by atoms with Gasteiger partial charge in [-0.15, -0.1) is 0 Å². The monoisotopic (exact) mass is 253 g/mol. The molecule has 5 nitrogen and oxygen atoms in total. The predicted octanol–water partition coefficient (Wildman–Crippen LogP) is 0.651. The van der Waals surface area contributed by atoms with Crippen molar-refractivity contribution >= 4 is 29.9 Å². The fourth-order valence-electron chi connectivity index (χ4n) is 1.26. The third-order valence-electron chi connectivity index (χ3n) is 2.19. The summed E-state index contributed by atoms with van der Waals surface area (Å²) in [6.07, 6.45) is 4.45. The van der Waals surface area contributed by atoms with Crippen molar-refractivity contribution in [1.82, 2.24) is 4.98 Å². The average molecular weight is 253 g/mol. The van der Waals surface area contributed by atoms with Gasteiger partial charge in [0.05, 0.1) is 6.04 Å². The van der Waals surface area contributed by atoms with Crippen molar-refractivity contribution in [3.8, 4) is 0 Å². The van der Waals surface area contributed by atoms with Crippen LogP contribution in [0.5, 0.6) is 0 Å². The number of rotatable bonds is 6. The first-order valence-corrected chi connectivity index (χ1v) is 6.54. The third-order valence-corrected chi connectivity index (χ3v) is 2.83. The normalized spacial score (nSPS) is 11.9. The summed E-state index contributed by atoms with van der Waals surface area (Å²) in [4.78, 5) is 27.7. The van der Waals surface area contributed by atoms with Gasteiger partial charge in [0.15, 0.2) is 0 Å². The molecule has 1 rings (SSSR count). The van der Waals surface area contributed by atoms with Crippen LogP contribution in [0.1, 0.15) is 6.42 Å². The Kier molecular flexibility index (Phi) is 5.65. The van der Waals surface area contributed by atoms with Gasteiger partial charge in [0, 0.05) is 6.20 Å². The van der Waals surface area contributed by atoms with Crippen molar-refractivity contribution in [2.75, 3.05) is 16.9 Å². The van der Waals surface area contributed by atoms with Crippen LogP contribution >= 0.6 is 11.8 Å². The molecule has 0 aliphatic carbocycles. The first kappa shape index (κ1) is 13.7. The number of imide groups is 1. The summed E-state index contributed by atoms with van der Waals surface area (Å²) in [6, 6.07) is 4.34. The topological polar surface area (TPSA) is 76.3 Å². The van der Waals surface area contributed by atoms with Crippen LogP contribution in [-0.2, 0) is 9.59 Å². The average Bonchev–Trinajstić information content (AvgIpc) is 2.38. The van der Waals surface area contributed by atoms with E-state index in [1.54, 1.807) is 30.0 Å². The first-order valence-electron chi connectivity index (χ1n) is 5.14. The first-order chi connectivity index (χ1) is 8.20. The second kappa shape index (κ2) is 7.03. The molecule has 0 spiro atoms. The number of carbonyl (C=O) groups excluding carboxylic acids is 2. The van der Waals surface area contributed by atoms with Gasteiger partial charge in [-0.2, -0.15) is 11.8 Å². The van der Waals surface area contributed by atoms with E-state index in [2.05, 4.69) is 4.98 Å². The lowest BCUT2D eigenvalue weighted by atomic mass is 10.2. The molecule has 0 saturated carbocycles. The smallest absolute Gasteiger partial charge is 0.251 e. The molecule has 92 valence electrons. The van der Waals surface area contributed by atoms with Crippen LogP contribution in [0.4, 0.5) is 5.82 Å². The second-order valence-corrected chi connectivity index (χ2v) is 4.38. The van der Waals surface area contributed by atoms with E-state index in [1.807, 2.05) is 6.26 Å². The molecule has 0 aliphatic heterocycles. The Morgan fingerprint density at radius 1 is 1.65 bits per heavy atom. The number of hydrogen-bond acceptors (Lipinski definition) is 5. The molecule has 1 atom stereocenters. The molecule has 1 aromatic rings. The summed E-state index contributed by atoms with van der Waals surface area (Å²) in [5.41, 5.74) is 5.73. The molecule has 0 fully saturated rings. The number of anilines is 1. The summed E-state index contributed by atoms with van der Waals surface area (Å²) >= 11 is 1.61. The molecule has 1 aromatic heterocycles. The third kappa shape index (κ3) is 3.83. The molecule has 0 aromatic carbocycles. The Hall–Kier alpha value is -1.40. The van der Waals surface area contributed by atoms with E-state index in [-0.39, 0.29) is 0 Å². The molecule has 2 amide bonds. The Bertz CT molecular complexity index is 372. The summed E-state index contributed by atoms with van der Waals surface area (Å²) < 4.78 is 0. The maximum absolute atomic E-state index is 11.9. The fraction of sp³-hybridized carbons (Fsp3) is 0.364. The van der Waals surface area contributed by atoms with Crippen LogP contribution in [-0.4, -0.2) is 35.4 Å². The Morgan fingerprint density at radius 2 is 2.41 bits per heavy atom. The Labute approximate surface area is 104 Å². The van der Waals surface area contributed by atoms with Gasteiger partial charge in [-0.05, 0) is 30.6 Å². The highest BCUT2D eigenvalue weighted by Crippen LogP contribution is 2.10. The van der Waals surface area contributed by atoms with Crippen LogP contribution in [0, 0.1) is 0 Å². The van der Waals surface area contributed by atoms with Gasteiger partial charge in [-0.25, -0.2) is 9.88 Å². The lowest BCUT2D eigenvalue weighted by Crippen LogP contribution is -2.44. The Balaban J connectivity index is 2.74. The van der Waals surface area contributed by atoms with Gasteiger partial charge in [0.1, 0.15) is 5.82 Å². The highest BCUT2D eigenvalue weighted by molar-refractivity contribution is 7.98. The molecule has 0 bridgehead atoms. The summed E-state index contributed by atoms with van der Waals surface area (Å²) in [5.74, 6) is 0.654. The summed E-state index contributed by atoms with van der Waals surface area (Å²) in [6.45, 7) is 0. The molecule has 17 heavy (non-hydrogen) atoms. The number of nitrogens with two attached hydrogens (primary N) is 1. The highest BCUT2D eigenvalue weighted by Gasteiger charge is 2.22. The molecule has 0 radical (unpaired) electrons. The molecular formula is C11H15N3O2S. The Morgan fingerprint density at radius 3 is 2.94 bits per heavy atom. The largest absolute Gasteiger partial charge is 0.320 e. The van der Waals surface area contributed by atoms with Crippen LogP contribution in [0.2, 0.25) is 0 Å². The van der Waals surface area contributed by atoms with Crippen LogP contribution in [0.15, 0.2) is 24.4 Å². The van der Waals surface area contributed by atoms with Crippen LogP contribution in [0.25, 0.3) is 0 Å². The minimum absolute atomic E-state index is 0.298. The van der Waals surface area contributed by atoms with Crippen molar-refractivity contribution < 1.29 is 9.59 Å². The quantitative estimate of drug-likeness (QED) is 0.753. The van der Waals surface area contributed by atoms with Crippen molar-refractivity contribution in [2.45, 2.75) is 12.5 Å². The van der Waals surface area contributed by atoms with E-state index < -0.39 is 11.9 Å². The summed E-state index contributed by atoms with van der Waals surface area (Å²) in [5, 5.41) is 0. The summed E-state index contributed by atoms with van der Waals surface area (Å²) in [7, 11) is 0. The van der Waals surface area contributed by atoms with Gasteiger partial charge in [0.25, 0.3) is 5.91 Å². The molecule has 2 N–H and O–H groups in total. The van der Waals surface area contributed by atoms with Gasteiger partial charge in [0.2, 0.25) is 6.41 Å². The molecule has 1 heterocycles. The zero-order chi connectivity index (χ0) is 12.7. The number of thioether (sulfide) groups is 1. The number of carbonyl (C=O) groups is 2. The molecule has 0 saturated heterocycles. The van der Waals surface area contributed by atoms with Crippen molar-refractivity contribution in [3.63, 3.8) is 0 Å². The van der Waals surface area contributed by atoms with Crippen LogP contribution in [0.3, 0.4) is 0 Å². The number of pyridine rings is 1. The van der Waals surface area contributed by atoms with Crippen LogP contribution < -0.4 is 10.6 Å². The van der Waals surface area contributed by atoms with E-state index in [4.69, 9.17) is 5.73 Å². The van der Waals surface area contributed by atoms with E-state index in [1.165, 1.54) is 6.20 Å². The van der Waals surface area contributed by atoms with E-state index in [9.17, 15) is 9.59 Å². The van der Waals surface area contributed by atoms with Crippen molar-refractivity contribution in [2.24, 2.45) is 5.73 Å². The lowest BCUT2D eigenvalue weighted by Gasteiger charge is -2.18.